The molecule has 2 heterocycles. The van der Waals surface area contributed by atoms with Crippen LogP contribution in [-0.4, -0.2) is 36.3 Å². The van der Waals surface area contributed by atoms with E-state index < -0.39 is 5.41 Å². The molecule has 6 heteroatoms. The molecule has 1 saturated carbocycles. The van der Waals surface area contributed by atoms with E-state index in [0.29, 0.717) is 31.3 Å². The molecular weight excluding hydrogens is 395 g/mol. The maximum atomic E-state index is 13.2. The zero-order chi connectivity index (χ0) is 21.4. The summed E-state index contributed by atoms with van der Waals surface area (Å²) in [4.78, 5) is 27.4. The van der Waals surface area contributed by atoms with E-state index in [1.807, 2.05) is 29.2 Å². The Balaban J connectivity index is 1.14. The molecule has 0 atom stereocenters. The number of likely N-dealkylation sites (tertiary alicyclic amines) is 1. The van der Waals surface area contributed by atoms with Crippen LogP contribution in [0.2, 0.25) is 0 Å². The highest BCUT2D eigenvalue weighted by molar-refractivity contribution is 5.96. The largest absolute Gasteiger partial charge is 0.451 e. The summed E-state index contributed by atoms with van der Waals surface area (Å²) < 4.78 is 18.9. The number of nitrogens with one attached hydrogen (secondary N) is 1. The molecule has 5 rings (SSSR count). The number of furan rings is 1. The van der Waals surface area contributed by atoms with Crippen LogP contribution >= 0.6 is 0 Å². The van der Waals surface area contributed by atoms with E-state index in [0.717, 1.165) is 42.2 Å². The third kappa shape index (κ3) is 3.82. The minimum absolute atomic E-state index is 0.0277. The number of benzene rings is 2. The van der Waals surface area contributed by atoms with Gasteiger partial charge < -0.3 is 14.6 Å². The van der Waals surface area contributed by atoms with Crippen LogP contribution in [-0.2, 0) is 10.2 Å². The van der Waals surface area contributed by atoms with E-state index >= 15 is 0 Å². The molecule has 0 radical (unpaired) electrons. The fourth-order valence-corrected chi connectivity index (χ4v) is 4.53. The number of carbonyl (C=O) groups is 2. The van der Waals surface area contributed by atoms with Gasteiger partial charge in [-0.2, -0.15) is 0 Å². The van der Waals surface area contributed by atoms with E-state index in [1.54, 1.807) is 18.2 Å². The molecular formula is C25H25FN2O3. The lowest BCUT2D eigenvalue weighted by molar-refractivity contribution is -0.123. The van der Waals surface area contributed by atoms with E-state index in [-0.39, 0.29) is 17.6 Å². The molecule has 0 spiro atoms. The average molecular weight is 420 g/mol. The van der Waals surface area contributed by atoms with Gasteiger partial charge in [-0.25, -0.2) is 4.39 Å². The van der Waals surface area contributed by atoms with Crippen molar-refractivity contribution in [2.24, 2.45) is 5.92 Å². The van der Waals surface area contributed by atoms with E-state index in [1.165, 1.54) is 12.1 Å². The van der Waals surface area contributed by atoms with Crippen LogP contribution in [0.5, 0.6) is 0 Å². The quantitative estimate of drug-likeness (QED) is 0.670. The number of para-hydroxylation sites is 1. The minimum atomic E-state index is -0.494. The zero-order valence-electron chi connectivity index (χ0n) is 17.3. The fourth-order valence-electron chi connectivity index (χ4n) is 4.53. The van der Waals surface area contributed by atoms with Crippen molar-refractivity contribution in [2.75, 3.05) is 19.6 Å². The number of hydrogen-bond donors (Lipinski definition) is 1. The molecule has 1 aromatic heterocycles. The maximum absolute atomic E-state index is 13.2. The summed E-state index contributed by atoms with van der Waals surface area (Å²) >= 11 is 0. The van der Waals surface area contributed by atoms with E-state index in [4.69, 9.17) is 4.42 Å². The van der Waals surface area contributed by atoms with Crippen LogP contribution in [0.4, 0.5) is 4.39 Å². The molecule has 0 bridgehead atoms. The smallest absolute Gasteiger partial charge is 0.289 e. The number of amides is 2. The summed E-state index contributed by atoms with van der Waals surface area (Å²) in [7, 11) is 0. The molecule has 2 aliphatic rings. The number of fused-ring (bicyclic) bond motifs is 1. The van der Waals surface area contributed by atoms with Gasteiger partial charge in [-0.05, 0) is 61.4 Å². The third-order valence-corrected chi connectivity index (χ3v) is 6.67. The Kier molecular flexibility index (Phi) is 5.00. The first-order chi connectivity index (χ1) is 15.0. The predicted octanol–water partition coefficient (Wildman–Crippen LogP) is 4.27. The number of halogens is 1. The van der Waals surface area contributed by atoms with Gasteiger partial charge in [0.2, 0.25) is 5.91 Å². The first-order valence-electron chi connectivity index (χ1n) is 10.9. The van der Waals surface area contributed by atoms with Crippen molar-refractivity contribution < 1.29 is 18.4 Å². The lowest BCUT2D eigenvalue weighted by Crippen LogP contribution is -2.43. The van der Waals surface area contributed by atoms with Crippen molar-refractivity contribution in [2.45, 2.75) is 31.1 Å². The molecule has 1 N–H and O–H groups in total. The standard InChI is InChI=1S/C25H25FN2O3/c26-20-7-5-19(6-8-20)25(11-12-25)24(30)27-16-17-9-13-28(14-10-17)23(29)22-15-18-3-1-2-4-21(18)31-22/h1-8,15,17H,9-14,16H2,(H,27,30). The molecule has 2 aromatic carbocycles. The molecule has 1 aliphatic carbocycles. The molecule has 160 valence electrons. The van der Waals surface area contributed by atoms with Crippen molar-refractivity contribution in [1.29, 1.82) is 0 Å². The van der Waals surface area contributed by atoms with Crippen LogP contribution in [0.1, 0.15) is 41.8 Å². The number of piperidine rings is 1. The minimum Gasteiger partial charge on any atom is -0.451 e. The Hall–Kier alpha value is -3.15. The van der Waals surface area contributed by atoms with Crippen molar-refractivity contribution >= 4 is 22.8 Å². The van der Waals surface area contributed by atoms with Gasteiger partial charge in [0.1, 0.15) is 11.4 Å². The molecule has 1 aliphatic heterocycles. The van der Waals surface area contributed by atoms with Gasteiger partial charge in [-0.15, -0.1) is 0 Å². The SMILES string of the molecule is O=C(c1cc2ccccc2o1)N1CCC(CNC(=O)C2(c3ccc(F)cc3)CC2)CC1. The monoisotopic (exact) mass is 420 g/mol. The predicted molar refractivity (Wildman–Crippen MR) is 115 cm³/mol. The number of carbonyl (C=O) groups excluding carboxylic acids is 2. The van der Waals surface area contributed by atoms with Crippen molar-refractivity contribution in [3.05, 3.63) is 71.7 Å². The molecule has 31 heavy (non-hydrogen) atoms. The second kappa shape index (κ2) is 7.84. The lowest BCUT2D eigenvalue weighted by atomic mass is 9.93. The van der Waals surface area contributed by atoms with Crippen molar-refractivity contribution in [3.63, 3.8) is 0 Å². The highest BCUT2D eigenvalue weighted by atomic mass is 19.1. The maximum Gasteiger partial charge on any atom is 0.289 e. The normalized spacial score (nSPS) is 18.2. The Morgan fingerprint density at radius 1 is 1.06 bits per heavy atom. The Morgan fingerprint density at radius 3 is 2.45 bits per heavy atom. The van der Waals surface area contributed by atoms with Gasteiger partial charge in [-0.1, -0.05) is 30.3 Å². The first kappa shape index (κ1) is 19.8. The highest BCUT2D eigenvalue weighted by Crippen LogP contribution is 2.48. The Bertz CT molecular complexity index is 1080. The molecule has 0 unspecified atom stereocenters. The third-order valence-electron chi connectivity index (χ3n) is 6.67. The van der Waals surface area contributed by atoms with Crippen molar-refractivity contribution in [3.8, 4) is 0 Å². The topological polar surface area (TPSA) is 62.6 Å². The molecule has 1 saturated heterocycles. The van der Waals surface area contributed by atoms with Gasteiger partial charge >= 0.3 is 0 Å². The van der Waals surface area contributed by atoms with Gasteiger partial charge in [0.05, 0.1) is 5.41 Å². The summed E-state index contributed by atoms with van der Waals surface area (Å²) in [6.07, 6.45) is 3.29. The summed E-state index contributed by atoms with van der Waals surface area (Å²) in [5, 5.41) is 4.04. The van der Waals surface area contributed by atoms with Gasteiger partial charge in [0.25, 0.3) is 5.91 Å². The summed E-state index contributed by atoms with van der Waals surface area (Å²) in [6.45, 7) is 1.91. The summed E-state index contributed by atoms with van der Waals surface area (Å²) in [5.41, 5.74) is 1.11. The summed E-state index contributed by atoms with van der Waals surface area (Å²) in [6, 6.07) is 15.7. The molecule has 5 nitrogen and oxygen atoms in total. The van der Waals surface area contributed by atoms with Gasteiger partial charge in [-0.3, -0.25) is 9.59 Å². The van der Waals surface area contributed by atoms with Crippen LogP contribution in [0.3, 0.4) is 0 Å². The van der Waals surface area contributed by atoms with Crippen LogP contribution in [0.15, 0.2) is 59.0 Å². The number of hydrogen-bond acceptors (Lipinski definition) is 3. The zero-order valence-corrected chi connectivity index (χ0v) is 17.3. The first-order valence-corrected chi connectivity index (χ1v) is 10.9. The highest BCUT2D eigenvalue weighted by Gasteiger charge is 2.51. The number of nitrogens with zero attached hydrogens (tertiary/aromatic N) is 1. The van der Waals surface area contributed by atoms with Gasteiger partial charge in [0.15, 0.2) is 5.76 Å². The van der Waals surface area contributed by atoms with Gasteiger partial charge in [0, 0.05) is 25.0 Å². The Morgan fingerprint density at radius 2 is 1.77 bits per heavy atom. The summed E-state index contributed by atoms with van der Waals surface area (Å²) in [5.74, 6) is 0.381. The lowest BCUT2D eigenvalue weighted by Gasteiger charge is -2.31. The van der Waals surface area contributed by atoms with Crippen LogP contribution < -0.4 is 5.32 Å². The van der Waals surface area contributed by atoms with Crippen LogP contribution in [0, 0.1) is 11.7 Å². The molecule has 3 aromatic rings. The van der Waals surface area contributed by atoms with E-state index in [9.17, 15) is 14.0 Å². The van der Waals surface area contributed by atoms with Crippen LogP contribution in [0.25, 0.3) is 11.0 Å². The van der Waals surface area contributed by atoms with Crippen molar-refractivity contribution in [1.82, 2.24) is 10.2 Å². The molecule has 2 amide bonds. The fraction of sp³-hybridized carbons (Fsp3) is 0.360. The van der Waals surface area contributed by atoms with E-state index in [2.05, 4.69) is 5.32 Å². The second-order valence-corrected chi connectivity index (χ2v) is 8.68. The second-order valence-electron chi connectivity index (χ2n) is 8.68. The Labute approximate surface area is 180 Å². The average Bonchev–Trinajstić information content (AvgIpc) is 3.50. The molecule has 2 fully saturated rings. The number of rotatable bonds is 5.